The summed E-state index contributed by atoms with van der Waals surface area (Å²) >= 11 is 11.9. The number of carbonyl (C=O) groups is 1. The standard InChI is InChI=1S/C22H15Cl2F4N3O3S/c23-17-7-4-8-19(25)16(17)12-29-30-21(32)13-31(35(33,34)15-5-2-1-3-6-15)20-11-14(22(26,27)28)9-10-18(20)24/h1-12H,13H2,(H,30,32)/b29-12+. The monoisotopic (exact) mass is 547 g/mol. The van der Waals surface area contributed by atoms with Crippen LogP contribution in [0.3, 0.4) is 0 Å². The molecule has 3 rings (SSSR count). The Kier molecular flexibility index (Phi) is 8.04. The lowest BCUT2D eigenvalue weighted by Crippen LogP contribution is -2.40. The van der Waals surface area contributed by atoms with Crippen LogP contribution in [0.5, 0.6) is 0 Å². The zero-order valence-electron chi connectivity index (χ0n) is 17.4. The lowest BCUT2D eigenvalue weighted by molar-refractivity contribution is -0.137. The minimum Gasteiger partial charge on any atom is -0.271 e. The van der Waals surface area contributed by atoms with Crippen LogP contribution in [-0.4, -0.2) is 27.1 Å². The maximum atomic E-state index is 13.8. The first-order valence-electron chi connectivity index (χ1n) is 9.61. The number of benzene rings is 3. The van der Waals surface area contributed by atoms with E-state index in [0.717, 1.165) is 18.3 Å². The van der Waals surface area contributed by atoms with Crippen LogP contribution in [0.2, 0.25) is 10.0 Å². The van der Waals surface area contributed by atoms with Gasteiger partial charge in [0.15, 0.2) is 0 Å². The SMILES string of the molecule is O=C(CN(c1cc(C(F)(F)F)ccc1Cl)S(=O)(=O)c1ccccc1)N/N=C/c1c(F)cccc1Cl. The molecule has 3 aromatic rings. The number of hydrogen-bond acceptors (Lipinski definition) is 4. The van der Waals surface area contributed by atoms with E-state index in [1.54, 1.807) is 0 Å². The third-order valence-corrected chi connectivity index (χ3v) is 6.97. The van der Waals surface area contributed by atoms with Crippen LogP contribution in [0.25, 0.3) is 0 Å². The molecule has 0 heterocycles. The molecule has 13 heteroatoms. The van der Waals surface area contributed by atoms with E-state index in [0.29, 0.717) is 16.4 Å². The van der Waals surface area contributed by atoms with Gasteiger partial charge in [-0.25, -0.2) is 18.2 Å². The molecule has 1 N–H and O–H groups in total. The number of hydrogen-bond donors (Lipinski definition) is 1. The van der Waals surface area contributed by atoms with Gasteiger partial charge in [0.2, 0.25) is 0 Å². The number of amides is 1. The molecule has 0 aliphatic rings. The molecule has 0 fully saturated rings. The number of anilines is 1. The highest BCUT2D eigenvalue weighted by Crippen LogP contribution is 2.37. The van der Waals surface area contributed by atoms with E-state index in [1.165, 1.54) is 42.5 Å². The summed E-state index contributed by atoms with van der Waals surface area (Å²) in [5.41, 5.74) is 0.136. The maximum absolute atomic E-state index is 13.8. The number of sulfonamides is 1. The van der Waals surface area contributed by atoms with Crippen molar-refractivity contribution in [3.05, 3.63) is 93.7 Å². The lowest BCUT2D eigenvalue weighted by Gasteiger charge is -2.25. The van der Waals surface area contributed by atoms with E-state index >= 15 is 0 Å². The summed E-state index contributed by atoms with van der Waals surface area (Å²) in [7, 11) is -4.54. The second-order valence-corrected chi connectivity index (χ2v) is 9.59. The number of alkyl halides is 3. The molecule has 0 aliphatic carbocycles. The Balaban J connectivity index is 1.97. The van der Waals surface area contributed by atoms with Crippen molar-refractivity contribution in [2.45, 2.75) is 11.1 Å². The molecule has 0 atom stereocenters. The van der Waals surface area contributed by atoms with Crippen LogP contribution >= 0.6 is 23.2 Å². The van der Waals surface area contributed by atoms with Gasteiger partial charge in [0.25, 0.3) is 15.9 Å². The number of carbonyl (C=O) groups excluding carboxylic acids is 1. The van der Waals surface area contributed by atoms with Gasteiger partial charge in [0, 0.05) is 5.56 Å². The minimum atomic E-state index is -4.80. The van der Waals surface area contributed by atoms with Crippen LogP contribution < -0.4 is 9.73 Å². The number of halogens is 6. The Bertz CT molecular complexity index is 1350. The number of nitrogens with zero attached hydrogens (tertiary/aromatic N) is 2. The summed E-state index contributed by atoms with van der Waals surface area (Å²) in [5.74, 6) is -1.76. The highest BCUT2D eigenvalue weighted by atomic mass is 35.5. The predicted molar refractivity (Wildman–Crippen MR) is 125 cm³/mol. The van der Waals surface area contributed by atoms with E-state index in [1.807, 2.05) is 5.43 Å². The van der Waals surface area contributed by atoms with Crippen LogP contribution in [0.1, 0.15) is 11.1 Å². The average Bonchev–Trinajstić information content (AvgIpc) is 2.79. The first-order valence-corrected chi connectivity index (χ1v) is 11.8. The Morgan fingerprint density at radius 1 is 1.00 bits per heavy atom. The summed E-state index contributed by atoms with van der Waals surface area (Å²) in [6.07, 6.45) is -3.89. The second-order valence-electron chi connectivity index (χ2n) is 6.92. The van der Waals surface area contributed by atoms with Gasteiger partial charge in [-0.1, -0.05) is 47.5 Å². The highest BCUT2D eigenvalue weighted by molar-refractivity contribution is 7.92. The third kappa shape index (κ3) is 6.30. The van der Waals surface area contributed by atoms with Gasteiger partial charge in [-0.3, -0.25) is 9.10 Å². The van der Waals surface area contributed by atoms with Gasteiger partial charge in [0.1, 0.15) is 12.4 Å². The summed E-state index contributed by atoms with van der Waals surface area (Å²) < 4.78 is 80.7. The molecule has 6 nitrogen and oxygen atoms in total. The molecule has 184 valence electrons. The topological polar surface area (TPSA) is 78.8 Å². The average molecular weight is 548 g/mol. The minimum absolute atomic E-state index is 0.00651. The first-order chi connectivity index (χ1) is 16.4. The quantitative estimate of drug-likeness (QED) is 0.241. The van der Waals surface area contributed by atoms with Gasteiger partial charge < -0.3 is 0 Å². The molecular formula is C22H15Cl2F4N3O3S. The summed E-state index contributed by atoms with van der Waals surface area (Å²) in [6, 6.07) is 12.7. The van der Waals surface area contributed by atoms with Crippen LogP contribution in [0.4, 0.5) is 23.2 Å². The van der Waals surface area contributed by atoms with Crippen LogP contribution in [0.15, 0.2) is 76.7 Å². The van der Waals surface area contributed by atoms with Gasteiger partial charge in [-0.05, 0) is 42.5 Å². The first kappa shape index (κ1) is 26.5. The van der Waals surface area contributed by atoms with E-state index < -0.39 is 45.7 Å². The Hall–Kier alpha value is -3.15. The molecule has 0 aromatic heterocycles. The van der Waals surface area contributed by atoms with Crippen molar-refractivity contribution in [2.75, 3.05) is 10.8 Å². The van der Waals surface area contributed by atoms with Gasteiger partial charge in [-0.2, -0.15) is 18.3 Å². The lowest BCUT2D eigenvalue weighted by atomic mass is 10.2. The van der Waals surface area contributed by atoms with Crippen molar-refractivity contribution < 1.29 is 30.8 Å². The number of hydrazone groups is 1. The Morgan fingerprint density at radius 3 is 2.31 bits per heavy atom. The molecule has 0 aliphatic heterocycles. The number of rotatable bonds is 7. The molecule has 0 radical (unpaired) electrons. The largest absolute Gasteiger partial charge is 0.416 e. The van der Waals surface area contributed by atoms with E-state index in [4.69, 9.17) is 23.2 Å². The molecule has 0 unspecified atom stereocenters. The fourth-order valence-electron chi connectivity index (χ4n) is 2.87. The van der Waals surface area contributed by atoms with Gasteiger partial charge >= 0.3 is 6.18 Å². The second kappa shape index (κ2) is 10.6. The van der Waals surface area contributed by atoms with Crippen molar-refractivity contribution >= 4 is 51.0 Å². The van der Waals surface area contributed by atoms with Crippen LogP contribution in [-0.2, 0) is 21.0 Å². The Morgan fingerprint density at radius 2 is 1.69 bits per heavy atom. The molecule has 0 saturated carbocycles. The van der Waals surface area contributed by atoms with E-state index in [-0.39, 0.29) is 20.5 Å². The van der Waals surface area contributed by atoms with E-state index in [2.05, 4.69) is 5.10 Å². The molecule has 0 saturated heterocycles. The predicted octanol–water partition coefficient (Wildman–Crippen LogP) is 5.50. The van der Waals surface area contributed by atoms with Gasteiger partial charge in [-0.15, -0.1) is 0 Å². The number of nitrogens with one attached hydrogen (secondary N) is 1. The molecule has 0 bridgehead atoms. The zero-order chi connectivity index (χ0) is 25.8. The maximum Gasteiger partial charge on any atom is 0.416 e. The van der Waals surface area contributed by atoms with Crippen molar-refractivity contribution in [3.63, 3.8) is 0 Å². The fourth-order valence-corrected chi connectivity index (χ4v) is 4.80. The normalized spacial score (nSPS) is 12.1. The van der Waals surface area contributed by atoms with Crippen molar-refractivity contribution in [1.29, 1.82) is 0 Å². The molecule has 3 aromatic carbocycles. The summed E-state index contributed by atoms with van der Waals surface area (Å²) in [5, 5.41) is 3.23. The zero-order valence-corrected chi connectivity index (χ0v) is 19.8. The van der Waals surface area contributed by atoms with Crippen molar-refractivity contribution in [1.82, 2.24) is 5.43 Å². The van der Waals surface area contributed by atoms with E-state index in [9.17, 15) is 30.8 Å². The van der Waals surface area contributed by atoms with Crippen molar-refractivity contribution in [2.24, 2.45) is 5.10 Å². The molecular weight excluding hydrogens is 533 g/mol. The van der Waals surface area contributed by atoms with Crippen LogP contribution in [0, 0.1) is 5.82 Å². The third-order valence-electron chi connectivity index (χ3n) is 4.54. The Labute approximate surface area is 207 Å². The van der Waals surface area contributed by atoms with Gasteiger partial charge in [0.05, 0.1) is 32.4 Å². The summed E-state index contributed by atoms with van der Waals surface area (Å²) in [4.78, 5) is 12.2. The molecule has 35 heavy (non-hydrogen) atoms. The molecule has 0 spiro atoms. The molecule has 1 amide bonds. The fraction of sp³-hybridized carbons (Fsp3) is 0.0909. The smallest absolute Gasteiger partial charge is 0.271 e. The van der Waals surface area contributed by atoms with Crippen molar-refractivity contribution in [3.8, 4) is 0 Å². The summed E-state index contributed by atoms with van der Waals surface area (Å²) in [6.45, 7) is -0.986. The highest BCUT2D eigenvalue weighted by Gasteiger charge is 2.34.